The molecule has 0 aromatic rings. The molecule has 2 saturated heterocycles. The fraction of sp³-hybridized carbons (Fsp3) is 1.00. The molecule has 82 valence electrons. The van der Waals surface area contributed by atoms with Crippen LogP contribution in [-0.2, 0) is 18.9 Å². The topological polar surface area (TPSA) is 43.5 Å². The zero-order chi connectivity index (χ0) is 9.97. The van der Waals surface area contributed by atoms with Gasteiger partial charge in [-0.3, -0.25) is 0 Å². The average molecular weight is 202 g/mol. The molecule has 2 aliphatic heterocycles. The highest BCUT2D eigenvalue weighted by atomic mass is 16.7. The summed E-state index contributed by atoms with van der Waals surface area (Å²) in [5.74, 6) is 0.368. The maximum Gasteiger partial charge on any atom is 0.160 e. The van der Waals surface area contributed by atoms with E-state index in [2.05, 4.69) is 13.8 Å². The van der Waals surface area contributed by atoms with Gasteiger partial charge in [0.05, 0.1) is 26.4 Å². The summed E-state index contributed by atoms with van der Waals surface area (Å²) in [5, 5.41) is 0. The van der Waals surface area contributed by atoms with Gasteiger partial charge in [0, 0.05) is 5.92 Å². The molecule has 0 aliphatic carbocycles. The van der Waals surface area contributed by atoms with Gasteiger partial charge in [-0.2, -0.15) is 0 Å². The van der Waals surface area contributed by atoms with E-state index in [1.54, 1.807) is 0 Å². The number of epoxide rings is 2. The van der Waals surface area contributed by atoms with E-state index in [0.717, 1.165) is 13.2 Å². The third kappa shape index (κ3) is 3.53. The summed E-state index contributed by atoms with van der Waals surface area (Å²) >= 11 is 0. The van der Waals surface area contributed by atoms with Crippen molar-refractivity contribution in [3.63, 3.8) is 0 Å². The van der Waals surface area contributed by atoms with E-state index in [1.807, 2.05) is 0 Å². The molecule has 0 aromatic heterocycles. The molecule has 2 fully saturated rings. The minimum absolute atomic E-state index is 0.122. The second kappa shape index (κ2) is 4.57. The summed E-state index contributed by atoms with van der Waals surface area (Å²) in [7, 11) is 0. The standard InChI is InChI=1S/C10H18O4/c1-7(2)10(13-5-8-3-11-8)14-6-9-4-12-9/h7-10H,3-6H2,1-2H3. The molecular weight excluding hydrogens is 184 g/mol. The van der Waals surface area contributed by atoms with Crippen LogP contribution in [-0.4, -0.2) is 44.9 Å². The van der Waals surface area contributed by atoms with Crippen LogP contribution >= 0.6 is 0 Å². The maximum absolute atomic E-state index is 5.60. The molecule has 0 amide bonds. The molecular formula is C10H18O4. The third-order valence-electron chi connectivity index (χ3n) is 2.24. The van der Waals surface area contributed by atoms with Gasteiger partial charge in [-0.25, -0.2) is 0 Å². The molecule has 0 spiro atoms. The van der Waals surface area contributed by atoms with Crippen LogP contribution in [0.1, 0.15) is 13.8 Å². The molecule has 0 saturated carbocycles. The average Bonchev–Trinajstić information content (AvgIpc) is 3.00. The number of hydrogen-bond donors (Lipinski definition) is 0. The first-order valence-electron chi connectivity index (χ1n) is 5.22. The Hall–Kier alpha value is -0.160. The molecule has 2 unspecified atom stereocenters. The largest absolute Gasteiger partial charge is 0.371 e. The van der Waals surface area contributed by atoms with Gasteiger partial charge in [0.15, 0.2) is 6.29 Å². The van der Waals surface area contributed by atoms with Gasteiger partial charge in [0.25, 0.3) is 0 Å². The van der Waals surface area contributed by atoms with Crippen LogP contribution in [0, 0.1) is 5.92 Å². The Kier molecular flexibility index (Phi) is 3.38. The van der Waals surface area contributed by atoms with Crippen molar-refractivity contribution in [1.29, 1.82) is 0 Å². The Balaban J connectivity index is 1.62. The molecule has 0 bridgehead atoms. The summed E-state index contributed by atoms with van der Waals surface area (Å²) in [6, 6.07) is 0. The van der Waals surface area contributed by atoms with Crippen LogP contribution < -0.4 is 0 Å². The highest BCUT2D eigenvalue weighted by molar-refractivity contribution is 4.70. The minimum atomic E-state index is -0.122. The molecule has 4 nitrogen and oxygen atoms in total. The Morgan fingerprint density at radius 1 is 1.07 bits per heavy atom. The van der Waals surface area contributed by atoms with Crippen molar-refractivity contribution < 1.29 is 18.9 Å². The maximum atomic E-state index is 5.60. The molecule has 0 N–H and O–H groups in total. The van der Waals surface area contributed by atoms with Crippen molar-refractivity contribution in [2.45, 2.75) is 32.3 Å². The Labute approximate surface area is 84.5 Å². The highest BCUT2D eigenvalue weighted by Gasteiger charge is 2.28. The van der Waals surface area contributed by atoms with Gasteiger partial charge < -0.3 is 18.9 Å². The van der Waals surface area contributed by atoms with Crippen LogP contribution in [0.15, 0.2) is 0 Å². The summed E-state index contributed by atoms with van der Waals surface area (Å²) < 4.78 is 21.3. The van der Waals surface area contributed by atoms with E-state index < -0.39 is 0 Å². The van der Waals surface area contributed by atoms with Crippen molar-refractivity contribution in [3.8, 4) is 0 Å². The Bertz CT molecular complexity index is 159. The lowest BCUT2D eigenvalue weighted by Crippen LogP contribution is -2.27. The fourth-order valence-electron chi connectivity index (χ4n) is 1.17. The zero-order valence-corrected chi connectivity index (χ0v) is 8.77. The quantitative estimate of drug-likeness (QED) is 0.452. The summed E-state index contributed by atoms with van der Waals surface area (Å²) in [6.45, 7) is 7.13. The third-order valence-corrected chi connectivity index (χ3v) is 2.24. The van der Waals surface area contributed by atoms with E-state index in [1.165, 1.54) is 0 Å². The van der Waals surface area contributed by atoms with E-state index in [4.69, 9.17) is 18.9 Å². The second-order valence-corrected chi connectivity index (χ2v) is 4.19. The molecule has 2 rings (SSSR count). The molecule has 14 heavy (non-hydrogen) atoms. The predicted octanol–water partition coefficient (Wildman–Crippen LogP) is 0.799. The number of ether oxygens (including phenoxy) is 4. The summed E-state index contributed by atoms with van der Waals surface area (Å²) in [4.78, 5) is 0. The Morgan fingerprint density at radius 3 is 1.79 bits per heavy atom. The lowest BCUT2D eigenvalue weighted by molar-refractivity contribution is -0.170. The zero-order valence-electron chi connectivity index (χ0n) is 8.77. The van der Waals surface area contributed by atoms with Gasteiger partial charge in [-0.15, -0.1) is 0 Å². The normalized spacial score (nSPS) is 31.9. The first kappa shape index (κ1) is 10.4. The van der Waals surface area contributed by atoms with Crippen molar-refractivity contribution in [2.24, 2.45) is 5.92 Å². The van der Waals surface area contributed by atoms with Crippen molar-refractivity contribution in [1.82, 2.24) is 0 Å². The van der Waals surface area contributed by atoms with Gasteiger partial charge in [-0.1, -0.05) is 13.8 Å². The SMILES string of the molecule is CC(C)C(OCC1CO1)OCC1CO1. The minimum Gasteiger partial charge on any atom is -0.371 e. The van der Waals surface area contributed by atoms with Crippen molar-refractivity contribution in [2.75, 3.05) is 26.4 Å². The number of hydrogen-bond acceptors (Lipinski definition) is 4. The lowest BCUT2D eigenvalue weighted by Gasteiger charge is -2.21. The van der Waals surface area contributed by atoms with E-state index >= 15 is 0 Å². The van der Waals surface area contributed by atoms with Crippen LogP contribution in [0.25, 0.3) is 0 Å². The fourth-order valence-corrected chi connectivity index (χ4v) is 1.17. The van der Waals surface area contributed by atoms with Crippen LogP contribution in [0.3, 0.4) is 0 Å². The molecule has 0 radical (unpaired) electrons. The lowest BCUT2D eigenvalue weighted by atomic mass is 10.2. The molecule has 2 atom stereocenters. The van der Waals surface area contributed by atoms with Crippen LogP contribution in [0.4, 0.5) is 0 Å². The first-order chi connectivity index (χ1) is 6.75. The predicted molar refractivity (Wildman–Crippen MR) is 50.0 cm³/mol. The summed E-state index contributed by atoms with van der Waals surface area (Å²) in [6.07, 6.45) is 0.484. The van der Waals surface area contributed by atoms with Crippen LogP contribution in [0.2, 0.25) is 0 Å². The van der Waals surface area contributed by atoms with E-state index in [9.17, 15) is 0 Å². The van der Waals surface area contributed by atoms with Crippen molar-refractivity contribution >= 4 is 0 Å². The van der Waals surface area contributed by atoms with Gasteiger partial charge >= 0.3 is 0 Å². The first-order valence-corrected chi connectivity index (χ1v) is 5.22. The van der Waals surface area contributed by atoms with Gasteiger partial charge in [0.2, 0.25) is 0 Å². The monoisotopic (exact) mass is 202 g/mol. The molecule has 2 heterocycles. The highest BCUT2D eigenvalue weighted by Crippen LogP contribution is 2.17. The van der Waals surface area contributed by atoms with E-state index in [0.29, 0.717) is 31.3 Å². The van der Waals surface area contributed by atoms with Gasteiger partial charge in [0.1, 0.15) is 12.2 Å². The Morgan fingerprint density at radius 2 is 1.50 bits per heavy atom. The van der Waals surface area contributed by atoms with Gasteiger partial charge in [-0.05, 0) is 0 Å². The molecule has 2 aliphatic rings. The van der Waals surface area contributed by atoms with E-state index in [-0.39, 0.29) is 6.29 Å². The number of rotatable bonds is 7. The molecule has 4 heteroatoms. The van der Waals surface area contributed by atoms with Crippen LogP contribution in [0.5, 0.6) is 0 Å². The molecule has 0 aromatic carbocycles. The smallest absolute Gasteiger partial charge is 0.160 e. The van der Waals surface area contributed by atoms with Crippen molar-refractivity contribution in [3.05, 3.63) is 0 Å². The second-order valence-electron chi connectivity index (χ2n) is 4.19. The summed E-state index contributed by atoms with van der Waals surface area (Å²) in [5.41, 5.74) is 0.